The molecule has 0 aromatic heterocycles. The zero-order valence-electron chi connectivity index (χ0n) is 27.3. The maximum Gasteiger partial charge on any atom is 0.407 e. The lowest BCUT2D eigenvalue weighted by atomic mass is 10.0. The Morgan fingerprint density at radius 1 is 0.915 bits per heavy atom. The summed E-state index contributed by atoms with van der Waals surface area (Å²) in [5.74, 6) is -2.65. The number of amides is 4. The van der Waals surface area contributed by atoms with E-state index in [1.165, 1.54) is 26.1 Å². The quantitative estimate of drug-likeness (QED) is 0.106. The first-order valence-electron chi connectivity index (χ1n) is 15.1. The van der Waals surface area contributed by atoms with Crippen molar-refractivity contribution in [3.8, 4) is 0 Å². The third kappa shape index (κ3) is 14.5. The van der Waals surface area contributed by atoms with E-state index in [1.807, 2.05) is 0 Å². The Kier molecular flexibility index (Phi) is 15.2. The molecule has 0 saturated carbocycles. The summed E-state index contributed by atoms with van der Waals surface area (Å²) in [4.78, 5) is 50.7. The van der Waals surface area contributed by atoms with Gasteiger partial charge in [-0.15, -0.1) is 0 Å². The normalized spacial score (nSPS) is 13.6. The van der Waals surface area contributed by atoms with Crippen LogP contribution < -0.4 is 31.8 Å². The number of ether oxygens (including phenoxy) is 1. The predicted octanol–water partition coefficient (Wildman–Crippen LogP) is 1.38. The van der Waals surface area contributed by atoms with Crippen LogP contribution in [0.15, 0.2) is 54.6 Å². The predicted molar refractivity (Wildman–Crippen MR) is 174 cm³/mol. The molecular weight excluding hydrogens is 633 g/mol. The largest absolute Gasteiger partial charge is 0.444 e. The van der Waals surface area contributed by atoms with E-state index in [4.69, 9.17) is 10.5 Å². The number of alkyl carbamates (subject to hydrolysis) is 1. The highest BCUT2D eigenvalue weighted by molar-refractivity contribution is 7.87. The number of halogens is 1. The monoisotopic (exact) mass is 679 g/mol. The second-order valence-electron chi connectivity index (χ2n) is 11.9. The number of carbonyl (C=O) groups is 4. The summed E-state index contributed by atoms with van der Waals surface area (Å²) in [5.41, 5.74) is 8.21. The van der Waals surface area contributed by atoms with E-state index in [0.29, 0.717) is 28.4 Å². The first kappa shape index (κ1) is 39.1. The van der Waals surface area contributed by atoms with E-state index in [-0.39, 0.29) is 19.4 Å². The van der Waals surface area contributed by atoms with Crippen molar-refractivity contribution >= 4 is 34.0 Å². The Morgan fingerprint density at radius 3 is 2.13 bits per heavy atom. The molecule has 0 radical (unpaired) electrons. The van der Waals surface area contributed by atoms with E-state index in [9.17, 15) is 32.0 Å². The number of hydrogen-bond acceptors (Lipinski definition) is 8. The summed E-state index contributed by atoms with van der Waals surface area (Å²) in [5, 5.41) is 7.77. The Bertz CT molecular complexity index is 1440. The van der Waals surface area contributed by atoms with Gasteiger partial charge in [-0.05, 0) is 76.6 Å². The molecular formula is C31H46FN7O7S. The number of rotatable bonds is 17. The molecule has 14 nitrogen and oxygen atoms in total. The minimum Gasteiger partial charge on any atom is -0.444 e. The van der Waals surface area contributed by atoms with Crippen LogP contribution in [-0.4, -0.2) is 74.0 Å². The van der Waals surface area contributed by atoms with Gasteiger partial charge in [-0.3, -0.25) is 19.8 Å². The van der Waals surface area contributed by atoms with Crippen molar-refractivity contribution in [2.75, 3.05) is 13.6 Å². The highest BCUT2D eigenvalue weighted by Gasteiger charge is 2.33. The SMILES string of the molecule is CNC(=O)[C@H](CCCCNC(=O)OC(C)(C)C)NC(=O)[C@@H](Cc1ccccc1)NS(=O)(=O)N(Cc1ccc(F)cc1)NC(=O)[C@H](C)N. The van der Waals surface area contributed by atoms with E-state index in [1.54, 1.807) is 51.1 Å². The molecule has 16 heteroatoms. The van der Waals surface area contributed by atoms with Gasteiger partial charge in [-0.1, -0.05) is 46.9 Å². The molecule has 0 aliphatic carbocycles. The fourth-order valence-corrected chi connectivity index (χ4v) is 5.35. The Labute approximate surface area is 275 Å². The lowest BCUT2D eigenvalue weighted by Gasteiger charge is -2.28. The molecule has 2 aromatic rings. The lowest BCUT2D eigenvalue weighted by molar-refractivity contribution is -0.129. The van der Waals surface area contributed by atoms with Crippen LogP contribution in [0.25, 0.3) is 0 Å². The van der Waals surface area contributed by atoms with Crippen molar-refractivity contribution in [1.82, 2.24) is 30.5 Å². The Morgan fingerprint density at radius 2 is 1.55 bits per heavy atom. The van der Waals surface area contributed by atoms with Crippen LogP contribution >= 0.6 is 0 Å². The summed E-state index contributed by atoms with van der Waals surface area (Å²) in [6, 6.07) is 10.1. The number of carbonyl (C=O) groups excluding carboxylic acids is 4. The zero-order chi connectivity index (χ0) is 35.2. The molecule has 0 aliphatic heterocycles. The van der Waals surface area contributed by atoms with Gasteiger partial charge in [0.15, 0.2) is 0 Å². The summed E-state index contributed by atoms with van der Waals surface area (Å²) >= 11 is 0. The molecule has 0 heterocycles. The fourth-order valence-electron chi connectivity index (χ4n) is 4.14. The topological polar surface area (TPSA) is 201 Å². The summed E-state index contributed by atoms with van der Waals surface area (Å²) < 4.78 is 49.1. The molecule has 0 unspecified atom stereocenters. The molecule has 7 N–H and O–H groups in total. The minimum atomic E-state index is -4.64. The summed E-state index contributed by atoms with van der Waals surface area (Å²) in [6.45, 7) is 6.46. The molecule has 3 atom stereocenters. The molecule has 0 bridgehead atoms. The molecule has 4 amide bonds. The highest BCUT2D eigenvalue weighted by atomic mass is 32.2. The molecule has 2 aromatic carbocycles. The number of nitrogens with one attached hydrogen (secondary N) is 5. The lowest BCUT2D eigenvalue weighted by Crippen LogP contribution is -2.59. The molecule has 2 rings (SSSR count). The second-order valence-corrected chi connectivity index (χ2v) is 13.5. The van der Waals surface area contributed by atoms with Gasteiger partial charge in [-0.25, -0.2) is 9.18 Å². The average molecular weight is 680 g/mol. The number of hydrogen-bond donors (Lipinski definition) is 6. The van der Waals surface area contributed by atoms with Gasteiger partial charge in [0.25, 0.3) is 16.1 Å². The third-order valence-corrected chi connectivity index (χ3v) is 7.92. The number of likely N-dealkylation sites (N-methyl/N-ethyl adjacent to an activating group) is 1. The van der Waals surface area contributed by atoms with Crippen LogP contribution in [0.2, 0.25) is 0 Å². The Hall–Kier alpha value is -4.12. The number of unbranched alkanes of at least 4 members (excludes halogenated alkanes) is 1. The first-order valence-corrected chi connectivity index (χ1v) is 16.6. The number of nitrogens with two attached hydrogens (primary N) is 1. The molecule has 0 saturated heterocycles. The molecule has 260 valence electrons. The van der Waals surface area contributed by atoms with Gasteiger partial charge in [0.05, 0.1) is 12.6 Å². The number of nitrogens with zero attached hydrogens (tertiary/aromatic N) is 1. The van der Waals surface area contributed by atoms with E-state index >= 15 is 0 Å². The maximum atomic E-state index is 13.7. The van der Waals surface area contributed by atoms with E-state index in [0.717, 1.165) is 12.1 Å². The van der Waals surface area contributed by atoms with Gasteiger partial charge in [0, 0.05) is 13.6 Å². The first-order chi connectivity index (χ1) is 22.0. The van der Waals surface area contributed by atoms with Gasteiger partial charge in [0.1, 0.15) is 23.5 Å². The number of benzene rings is 2. The smallest absolute Gasteiger partial charge is 0.407 e. The number of hydrazine groups is 1. The molecule has 0 aliphatic rings. The summed E-state index contributed by atoms with van der Waals surface area (Å²) in [6.07, 6.45) is 0.416. The highest BCUT2D eigenvalue weighted by Crippen LogP contribution is 2.12. The zero-order valence-corrected chi connectivity index (χ0v) is 28.2. The van der Waals surface area contributed by atoms with Crippen molar-refractivity contribution in [3.63, 3.8) is 0 Å². The Balaban J connectivity index is 2.25. The fraction of sp³-hybridized carbons (Fsp3) is 0.484. The van der Waals surface area contributed by atoms with Crippen molar-refractivity contribution < 1.29 is 36.7 Å². The molecule has 47 heavy (non-hydrogen) atoms. The van der Waals surface area contributed by atoms with Crippen molar-refractivity contribution in [2.45, 2.75) is 83.6 Å². The van der Waals surface area contributed by atoms with Gasteiger partial charge >= 0.3 is 6.09 Å². The third-order valence-electron chi connectivity index (χ3n) is 6.54. The van der Waals surface area contributed by atoms with Crippen LogP contribution in [0.3, 0.4) is 0 Å². The van der Waals surface area contributed by atoms with Crippen LogP contribution in [0.5, 0.6) is 0 Å². The van der Waals surface area contributed by atoms with Crippen molar-refractivity contribution in [2.24, 2.45) is 5.73 Å². The van der Waals surface area contributed by atoms with Gasteiger partial charge in [-0.2, -0.15) is 13.1 Å². The standard InChI is InChI=1S/C31H46FN7O7S/c1-21(33)27(40)37-39(20-23-14-16-24(32)17-15-23)47(44,45)38-26(19-22-11-7-6-8-12-22)29(42)36-25(28(41)34-5)13-9-10-18-35-30(43)46-31(2,3)4/h6-8,11-12,14-17,21,25-26,38H,9-10,13,18-20,33H2,1-5H3,(H,34,41)(H,35,43)(H,36,42)(H,37,40)/t21-,25-,26+/m0/s1. The molecule has 0 spiro atoms. The van der Waals surface area contributed by atoms with Gasteiger partial charge in [0.2, 0.25) is 11.8 Å². The van der Waals surface area contributed by atoms with E-state index in [2.05, 4.69) is 26.1 Å². The summed E-state index contributed by atoms with van der Waals surface area (Å²) in [7, 11) is -3.24. The van der Waals surface area contributed by atoms with Crippen LogP contribution in [-0.2, 0) is 42.3 Å². The molecule has 0 fully saturated rings. The van der Waals surface area contributed by atoms with Gasteiger partial charge < -0.3 is 26.4 Å². The van der Waals surface area contributed by atoms with Crippen LogP contribution in [0.1, 0.15) is 58.1 Å². The van der Waals surface area contributed by atoms with Crippen molar-refractivity contribution in [3.05, 3.63) is 71.5 Å². The van der Waals surface area contributed by atoms with E-state index < -0.39 is 70.1 Å². The average Bonchev–Trinajstić information content (AvgIpc) is 2.99. The van der Waals surface area contributed by atoms with Crippen LogP contribution in [0, 0.1) is 5.82 Å². The van der Waals surface area contributed by atoms with Crippen molar-refractivity contribution in [1.29, 1.82) is 0 Å². The minimum absolute atomic E-state index is 0.0994. The second kappa shape index (κ2) is 18.3. The maximum absolute atomic E-state index is 13.7. The van der Waals surface area contributed by atoms with Crippen LogP contribution in [0.4, 0.5) is 9.18 Å².